The normalized spacial score (nSPS) is 16.8. The van der Waals surface area contributed by atoms with Gasteiger partial charge in [-0.05, 0) is 36.4 Å². The van der Waals surface area contributed by atoms with Gasteiger partial charge >= 0.3 is 0 Å². The Bertz CT molecular complexity index is 877. The van der Waals surface area contributed by atoms with E-state index in [2.05, 4.69) is 4.98 Å². The summed E-state index contributed by atoms with van der Waals surface area (Å²) >= 11 is 0. The standard InChI is InChI=1S/C20H19FN2O2/c21-16-6-3-15(4-7-16)19(23-10-12-25-13-11-23)17-8-5-14-2-1-9-22-18(14)20(17)24/h1-9,19,24H,10-13H2/p+1/t19-/m0/s1. The number of halogens is 1. The Hall–Kier alpha value is -2.50. The first kappa shape index (κ1) is 16.0. The van der Waals surface area contributed by atoms with Crippen molar-refractivity contribution in [3.63, 3.8) is 0 Å². The molecule has 4 nitrogen and oxygen atoms in total. The monoisotopic (exact) mass is 339 g/mol. The third-order valence-electron chi connectivity index (χ3n) is 4.84. The van der Waals surface area contributed by atoms with Crippen molar-refractivity contribution in [3.8, 4) is 5.75 Å². The van der Waals surface area contributed by atoms with Crippen molar-refractivity contribution in [1.82, 2.24) is 4.98 Å². The minimum absolute atomic E-state index is 0.0871. The minimum atomic E-state index is -0.260. The molecule has 0 amide bonds. The van der Waals surface area contributed by atoms with Crippen molar-refractivity contribution < 1.29 is 19.1 Å². The molecular formula is C20H20FN2O2+. The Morgan fingerprint density at radius 3 is 2.56 bits per heavy atom. The van der Waals surface area contributed by atoms with Crippen molar-refractivity contribution in [2.45, 2.75) is 6.04 Å². The third kappa shape index (κ3) is 3.08. The van der Waals surface area contributed by atoms with Crippen LogP contribution in [0.1, 0.15) is 17.2 Å². The largest absolute Gasteiger partial charge is 0.505 e. The number of nitrogens with one attached hydrogen (secondary N) is 1. The smallest absolute Gasteiger partial charge is 0.151 e. The van der Waals surface area contributed by atoms with E-state index in [-0.39, 0.29) is 17.6 Å². The van der Waals surface area contributed by atoms with Gasteiger partial charge in [0.2, 0.25) is 0 Å². The van der Waals surface area contributed by atoms with E-state index in [1.54, 1.807) is 18.3 Å². The van der Waals surface area contributed by atoms with Crippen LogP contribution in [0.25, 0.3) is 10.9 Å². The zero-order chi connectivity index (χ0) is 17.2. The molecule has 1 saturated heterocycles. The average Bonchev–Trinajstić information content (AvgIpc) is 2.66. The van der Waals surface area contributed by atoms with Gasteiger partial charge in [0.15, 0.2) is 5.75 Å². The summed E-state index contributed by atoms with van der Waals surface area (Å²) in [7, 11) is 0. The lowest BCUT2D eigenvalue weighted by atomic mass is 9.94. The number of phenolic OH excluding ortho intramolecular Hbond substituents is 1. The lowest BCUT2D eigenvalue weighted by molar-refractivity contribution is -0.933. The molecule has 5 heteroatoms. The molecule has 0 bridgehead atoms. The summed E-state index contributed by atoms with van der Waals surface area (Å²) in [6.45, 7) is 3.03. The molecule has 1 atom stereocenters. The van der Waals surface area contributed by atoms with Crippen molar-refractivity contribution in [1.29, 1.82) is 0 Å². The summed E-state index contributed by atoms with van der Waals surface area (Å²) < 4.78 is 18.9. The molecule has 0 unspecified atom stereocenters. The van der Waals surface area contributed by atoms with Crippen LogP contribution in [0.15, 0.2) is 54.7 Å². The molecule has 0 aliphatic carbocycles. The predicted octanol–water partition coefficient (Wildman–Crippen LogP) is 2.08. The zero-order valence-corrected chi connectivity index (χ0v) is 13.8. The van der Waals surface area contributed by atoms with Crippen LogP contribution in [0.5, 0.6) is 5.75 Å². The van der Waals surface area contributed by atoms with E-state index in [4.69, 9.17) is 4.74 Å². The van der Waals surface area contributed by atoms with Gasteiger partial charge in [-0.2, -0.15) is 0 Å². The number of phenols is 1. The first-order valence-electron chi connectivity index (χ1n) is 8.48. The highest BCUT2D eigenvalue weighted by molar-refractivity contribution is 5.85. The first-order chi connectivity index (χ1) is 12.2. The molecule has 3 aromatic rings. The maximum atomic E-state index is 13.4. The number of quaternary nitrogens is 1. The van der Waals surface area contributed by atoms with E-state index < -0.39 is 0 Å². The molecule has 128 valence electrons. The maximum absolute atomic E-state index is 13.4. The Kier molecular flexibility index (Phi) is 4.34. The van der Waals surface area contributed by atoms with E-state index >= 15 is 0 Å². The van der Waals surface area contributed by atoms with Crippen LogP contribution < -0.4 is 4.90 Å². The number of nitrogens with zero attached hydrogens (tertiary/aromatic N) is 1. The van der Waals surface area contributed by atoms with Crippen LogP contribution >= 0.6 is 0 Å². The molecule has 2 heterocycles. The number of morpholine rings is 1. The summed E-state index contributed by atoms with van der Waals surface area (Å²) in [5.41, 5.74) is 2.39. The van der Waals surface area contributed by atoms with Gasteiger partial charge in [-0.3, -0.25) is 4.98 Å². The Morgan fingerprint density at radius 2 is 1.80 bits per heavy atom. The Morgan fingerprint density at radius 1 is 1.04 bits per heavy atom. The van der Waals surface area contributed by atoms with Crippen molar-refractivity contribution in [3.05, 3.63) is 71.7 Å². The lowest BCUT2D eigenvalue weighted by Gasteiger charge is -2.32. The van der Waals surface area contributed by atoms with Crippen molar-refractivity contribution in [2.75, 3.05) is 26.3 Å². The number of ether oxygens (including phenoxy) is 1. The summed E-state index contributed by atoms with van der Waals surface area (Å²) in [5.74, 6) is -0.0599. The highest BCUT2D eigenvalue weighted by Gasteiger charge is 2.31. The maximum Gasteiger partial charge on any atom is 0.151 e. The van der Waals surface area contributed by atoms with E-state index in [1.807, 2.05) is 24.3 Å². The number of aromatic hydroxyl groups is 1. The number of hydrogen-bond acceptors (Lipinski definition) is 3. The second-order valence-electron chi connectivity index (χ2n) is 6.33. The fourth-order valence-corrected chi connectivity index (χ4v) is 3.59. The molecule has 1 aliphatic rings. The van der Waals surface area contributed by atoms with Crippen LogP contribution in [0.2, 0.25) is 0 Å². The number of rotatable bonds is 3. The van der Waals surface area contributed by atoms with Crippen LogP contribution in [-0.4, -0.2) is 36.4 Å². The van der Waals surface area contributed by atoms with Gasteiger partial charge in [-0.1, -0.05) is 12.1 Å². The summed E-state index contributed by atoms with van der Waals surface area (Å²) in [6, 6.07) is 14.2. The van der Waals surface area contributed by atoms with E-state index in [9.17, 15) is 9.50 Å². The van der Waals surface area contributed by atoms with Gasteiger partial charge in [0, 0.05) is 17.1 Å². The molecule has 0 saturated carbocycles. The molecule has 4 rings (SSSR count). The molecule has 2 N–H and O–H groups in total. The molecule has 0 spiro atoms. The predicted molar refractivity (Wildman–Crippen MR) is 93.2 cm³/mol. The van der Waals surface area contributed by atoms with Gasteiger partial charge < -0.3 is 14.7 Å². The molecular weight excluding hydrogens is 319 g/mol. The van der Waals surface area contributed by atoms with Gasteiger partial charge in [0.25, 0.3) is 0 Å². The van der Waals surface area contributed by atoms with E-state index in [0.717, 1.165) is 29.6 Å². The molecule has 1 fully saturated rings. The van der Waals surface area contributed by atoms with Gasteiger partial charge in [0.05, 0.1) is 18.8 Å². The summed E-state index contributed by atoms with van der Waals surface area (Å²) in [4.78, 5) is 5.63. The van der Waals surface area contributed by atoms with Crippen molar-refractivity contribution >= 4 is 10.9 Å². The van der Waals surface area contributed by atoms with Crippen LogP contribution in [0.3, 0.4) is 0 Å². The second kappa shape index (κ2) is 6.78. The SMILES string of the molecule is Oc1c([C@H](c2ccc(F)cc2)[NH+]2CCOCC2)ccc2cccnc12. The zero-order valence-electron chi connectivity index (χ0n) is 13.8. The van der Waals surface area contributed by atoms with Crippen LogP contribution in [0, 0.1) is 5.82 Å². The number of aromatic nitrogens is 1. The second-order valence-corrected chi connectivity index (χ2v) is 6.33. The molecule has 2 aromatic carbocycles. The molecule has 25 heavy (non-hydrogen) atoms. The highest BCUT2D eigenvalue weighted by Crippen LogP contribution is 2.33. The minimum Gasteiger partial charge on any atom is -0.505 e. The summed E-state index contributed by atoms with van der Waals surface area (Å²) in [6.07, 6.45) is 1.68. The average molecular weight is 339 g/mol. The fourth-order valence-electron chi connectivity index (χ4n) is 3.59. The van der Waals surface area contributed by atoms with E-state index in [0.29, 0.717) is 18.7 Å². The number of pyridine rings is 1. The quantitative estimate of drug-likeness (QED) is 0.768. The first-order valence-corrected chi connectivity index (χ1v) is 8.48. The topological polar surface area (TPSA) is 46.8 Å². The van der Waals surface area contributed by atoms with Gasteiger partial charge in [-0.25, -0.2) is 4.39 Å². The molecule has 0 radical (unpaired) electrons. The Labute approximate surface area is 145 Å². The number of benzene rings is 2. The van der Waals surface area contributed by atoms with Crippen molar-refractivity contribution in [2.24, 2.45) is 0 Å². The number of hydrogen-bond donors (Lipinski definition) is 2. The molecule has 1 aliphatic heterocycles. The Balaban J connectivity index is 1.85. The van der Waals surface area contributed by atoms with E-state index in [1.165, 1.54) is 17.0 Å². The van der Waals surface area contributed by atoms with Crippen LogP contribution in [0.4, 0.5) is 4.39 Å². The lowest BCUT2D eigenvalue weighted by Crippen LogP contribution is -3.14. The number of fused-ring (bicyclic) bond motifs is 1. The summed E-state index contributed by atoms with van der Waals surface area (Å²) in [5, 5.41) is 11.8. The van der Waals surface area contributed by atoms with Gasteiger partial charge in [-0.15, -0.1) is 0 Å². The van der Waals surface area contributed by atoms with Crippen LogP contribution in [-0.2, 0) is 4.74 Å². The fraction of sp³-hybridized carbons (Fsp3) is 0.250. The molecule has 1 aromatic heterocycles. The third-order valence-corrected chi connectivity index (χ3v) is 4.84. The van der Waals surface area contributed by atoms with Gasteiger partial charge in [0.1, 0.15) is 30.5 Å². The highest BCUT2D eigenvalue weighted by atomic mass is 19.1.